The van der Waals surface area contributed by atoms with Crippen LogP contribution in [0.25, 0.3) is 0 Å². The number of hydrogen-bond donors (Lipinski definition) is 1. The lowest BCUT2D eigenvalue weighted by molar-refractivity contribution is -0.212. The van der Waals surface area contributed by atoms with E-state index in [2.05, 4.69) is 6.08 Å². The van der Waals surface area contributed by atoms with Crippen molar-refractivity contribution in [2.75, 3.05) is 14.2 Å². The molecule has 4 rings (SSSR count). The van der Waals surface area contributed by atoms with Crippen molar-refractivity contribution in [2.24, 2.45) is 17.3 Å². The second-order valence-electron chi connectivity index (χ2n) is 7.84. The van der Waals surface area contributed by atoms with Gasteiger partial charge in [-0.05, 0) is 61.5 Å². The van der Waals surface area contributed by atoms with Gasteiger partial charge in [-0.3, -0.25) is 0 Å². The van der Waals surface area contributed by atoms with Crippen molar-refractivity contribution < 1.29 is 18.7 Å². The summed E-state index contributed by atoms with van der Waals surface area (Å²) in [5.41, 5.74) is 3.45. The molecular weight excluding hydrogens is 288 g/mol. The van der Waals surface area contributed by atoms with Crippen molar-refractivity contribution in [3.05, 3.63) is 22.8 Å². The molecule has 128 valence electrons. The van der Waals surface area contributed by atoms with E-state index in [0.29, 0.717) is 6.42 Å². The molecule has 0 heterocycles. The van der Waals surface area contributed by atoms with Crippen LogP contribution in [0.2, 0.25) is 0 Å². The Morgan fingerprint density at radius 3 is 2.83 bits per heavy atom. The maximum atomic E-state index is 10.7. The first-order valence-corrected chi connectivity index (χ1v) is 8.85. The Morgan fingerprint density at radius 2 is 2.09 bits per heavy atom. The second kappa shape index (κ2) is 5.44. The lowest BCUT2D eigenvalue weighted by atomic mass is 9.58. The van der Waals surface area contributed by atoms with E-state index >= 15 is 0 Å². The van der Waals surface area contributed by atoms with Crippen LogP contribution in [0.1, 0.15) is 62.4 Å². The quantitative estimate of drug-likeness (QED) is 0.782. The van der Waals surface area contributed by atoms with Gasteiger partial charge in [0.25, 0.3) is 0 Å². The highest BCUT2D eigenvalue weighted by molar-refractivity contribution is 5.44. The minimum absolute atomic E-state index is 0.0191. The van der Waals surface area contributed by atoms with Crippen molar-refractivity contribution in [3.8, 4) is 0 Å². The molecule has 0 bridgehead atoms. The molecule has 3 heteroatoms. The summed E-state index contributed by atoms with van der Waals surface area (Å²) in [6.07, 6.45) is 3.61. The van der Waals surface area contributed by atoms with Gasteiger partial charge in [0.05, 0.1) is 7.45 Å². The topological polar surface area (TPSA) is 38.7 Å². The van der Waals surface area contributed by atoms with Gasteiger partial charge in [-0.15, -0.1) is 0 Å². The zero-order valence-corrected chi connectivity index (χ0v) is 14.4. The van der Waals surface area contributed by atoms with Crippen LogP contribution in [0, 0.1) is 17.3 Å². The lowest BCUT2D eigenvalue weighted by Gasteiger charge is -2.48. The van der Waals surface area contributed by atoms with Gasteiger partial charge in [0, 0.05) is 35.2 Å². The fourth-order valence-corrected chi connectivity index (χ4v) is 5.40. The summed E-state index contributed by atoms with van der Waals surface area (Å²) in [6, 6.07) is 0. The SMILES string of the molecule is [2H]C1([2H])C[C@H]2[C@@H]3CCC4=C(CCC(OC)(OC)C4)C3=CC[C@]2(C)[C@@]1([2H])O. The smallest absolute Gasteiger partial charge is 0.171 e. The van der Waals surface area contributed by atoms with Gasteiger partial charge < -0.3 is 14.6 Å². The Kier molecular flexibility index (Phi) is 3.00. The molecule has 0 aromatic heterocycles. The van der Waals surface area contributed by atoms with Crippen molar-refractivity contribution in [3.63, 3.8) is 0 Å². The van der Waals surface area contributed by atoms with Crippen molar-refractivity contribution in [2.45, 2.75) is 70.1 Å². The largest absolute Gasteiger partial charge is 0.393 e. The van der Waals surface area contributed by atoms with E-state index in [0.717, 1.165) is 32.1 Å². The fraction of sp³-hybridized carbons (Fsp3) is 0.800. The Labute approximate surface area is 144 Å². The van der Waals surface area contributed by atoms with Crippen LogP contribution in [0.5, 0.6) is 0 Å². The molecule has 0 aliphatic heterocycles. The first-order chi connectivity index (χ1) is 12.1. The van der Waals surface area contributed by atoms with Gasteiger partial charge in [-0.2, -0.15) is 0 Å². The van der Waals surface area contributed by atoms with Crippen LogP contribution in [0.15, 0.2) is 22.8 Å². The second-order valence-corrected chi connectivity index (χ2v) is 7.84. The van der Waals surface area contributed by atoms with Gasteiger partial charge in [0.15, 0.2) is 5.79 Å². The number of aliphatic hydroxyl groups is 1. The standard InChI is InChI=1S/C20H30O3/c1-19-10-8-15-14-9-11-20(22-2,23-3)12-13(14)4-5-16(15)17(19)6-7-18(19)21/h8,16-18,21H,4-7,9-12H2,1-3H3/t16-,17+,18+,19+/m1/s1/i7D2,18D. The molecular formula is C20H30O3. The zero-order valence-electron chi connectivity index (χ0n) is 17.4. The number of rotatable bonds is 2. The maximum absolute atomic E-state index is 10.7. The number of methoxy groups -OCH3 is 2. The third kappa shape index (κ3) is 2.20. The molecule has 1 N–H and O–H groups in total. The Bertz CT molecular complexity index is 678. The summed E-state index contributed by atoms with van der Waals surface area (Å²) in [6.45, 7) is 1.91. The summed E-state index contributed by atoms with van der Waals surface area (Å²) in [7, 11) is 3.42. The van der Waals surface area contributed by atoms with E-state index in [-0.39, 0.29) is 18.3 Å². The number of ether oxygens (including phenoxy) is 2. The first kappa shape index (κ1) is 12.7. The third-order valence-corrected chi connectivity index (χ3v) is 6.99. The zero-order chi connectivity index (χ0) is 19.0. The molecule has 0 radical (unpaired) electrons. The van der Waals surface area contributed by atoms with Gasteiger partial charge in [-0.25, -0.2) is 0 Å². The third-order valence-electron chi connectivity index (χ3n) is 6.99. The van der Waals surface area contributed by atoms with Crippen LogP contribution in [0.4, 0.5) is 0 Å². The molecule has 23 heavy (non-hydrogen) atoms. The molecule has 0 saturated heterocycles. The van der Waals surface area contributed by atoms with E-state index in [1.807, 2.05) is 6.92 Å². The van der Waals surface area contributed by atoms with Crippen molar-refractivity contribution in [1.82, 2.24) is 0 Å². The molecule has 1 fully saturated rings. The van der Waals surface area contributed by atoms with Gasteiger partial charge in [0.2, 0.25) is 0 Å². The van der Waals surface area contributed by atoms with Crippen LogP contribution in [-0.4, -0.2) is 31.2 Å². The highest BCUT2D eigenvalue weighted by Crippen LogP contribution is 2.59. The van der Waals surface area contributed by atoms with Crippen LogP contribution in [-0.2, 0) is 9.47 Å². The van der Waals surface area contributed by atoms with E-state index in [9.17, 15) is 5.11 Å². The molecule has 0 amide bonds. The van der Waals surface area contributed by atoms with Crippen LogP contribution < -0.4 is 0 Å². The Balaban J connectivity index is 1.70. The van der Waals surface area contributed by atoms with Crippen molar-refractivity contribution in [1.29, 1.82) is 0 Å². The van der Waals surface area contributed by atoms with Crippen LogP contribution in [0.3, 0.4) is 0 Å². The van der Waals surface area contributed by atoms with E-state index < -0.39 is 23.7 Å². The fourth-order valence-electron chi connectivity index (χ4n) is 5.40. The predicted octanol–water partition coefficient (Wildman–Crippen LogP) is 3.97. The number of fused-ring (bicyclic) bond motifs is 4. The summed E-state index contributed by atoms with van der Waals surface area (Å²) in [5.74, 6) is -0.244. The minimum atomic E-state index is -2.03. The molecule has 3 nitrogen and oxygen atoms in total. The maximum Gasteiger partial charge on any atom is 0.171 e. The number of hydrogen-bond acceptors (Lipinski definition) is 3. The van der Waals surface area contributed by atoms with E-state index in [1.54, 1.807) is 14.2 Å². The average Bonchev–Trinajstić information content (AvgIpc) is 2.76. The minimum Gasteiger partial charge on any atom is -0.393 e. The van der Waals surface area contributed by atoms with Gasteiger partial charge in [-0.1, -0.05) is 18.6 Å². The molecule has 0 aromatic carbocycles. The summed E-state index contributed by atoms with van der Waals surface area (Å²) in [5, 5.41) is 10.7. The molecule has 0 aromatic rings. The molecule has 0 unspecified atom stereocenters. The summed E-state index contributed by atoms with van der Waals surface area (Å²) >= 11 is 0. The predicted molar refractivity (Wildman–Crippen MR) is 89.9 cm³/mol. The van der Waals surface area contributed by atoms with Gasteiger partial charge >= 0.3 is 0 Å². The average molecular weight is 321 g/mol. The van der Waals surface area contributed by atoms with Crippen LogP contribution >= 0.6 is 0 Å². The van der Waals surface area contributed by atoms with E-state index in [4.69, 9.17) is 13.6 Å². The lowest BCUT2D eigenvalue weighted by Crippen LogP contribution is -2.42. The number of allylic oxidation sites excluding steroid dienone is 3. The Morgan fingerprint density at radius 1 is 1.30 bits per heavy atom. The summed E-state index contributed by atoms with van der Waals surface area (Å²) < 4.78 is 36.3. The normalized spacial score (nSPS) is 49.2. The summed E-state index contributed by atoms with van der Waals surface area (Å²) in [4.78, 5) is 0. The molecule has 4 aliphatic carbocycles. The molecule has 1 saturated carbocycles. The molecule has 0 spiro atoms. The molecule has 4 atom stereocenters. The van der Waals surface area contributed by atoms with E-state index in [1.165, 1.54) is 16.7 Å². The molecule has 4 aliphatic rings. The first-order valence-electron chi connectivity index (χ1n) is 10.3. The van der Waals surface area contributed by atoms with Gasteiger partial charge in [0.1, 0.15) is 0 Å². The highest BCUT2D eigenvalue weighted by Gasteiger charge is 2.53. The Hall–Kier alpha value is -0.640. The van der Waals surface area contributed by atoms with Crippen molar-refractivity contribution >= 4 is 0 Å². The monoisotopic (exact) mass is 321 g/mol. The highest BCUT2D eigenvalue weighted by atomic mass is 16.7.